The van der Waals surface area contributed by atoms with E-state index in [0.29, 0.717) is 29.9 Å². The van der Waals surface area contributed by atoms with Crippen molar-refractivity contribution in [2.75, 3.05) is 6.61 Å². The fourth-order valence-electron chi connectivity index (χ4n) is 5.89. The van der Waals surface area contributed by atoms with Gasteiger partial charge in [-0.2, -0.15) is 0 Å². The van der Waals surface area contributed by atoms with Crippen molar-refractivity contribution in [2.24, 2.45) is 0 Å². The van der Waals surface area contributed by atoms with Crippen LogP contribution in [-0.4, -0.2) is 27.0 Å². The number of benzene rings is 5. The Hall–Kier alpha value is -4.59. The van der Waals surface area contributed by atoms with Crippen LogP contribution in [0.4, 0.5) is 8.78 Å². The lowest BCUT2D eigenvalue weighted by molar-refractivity contribution is 0.0467. The smallest absolute Gasteiger partial charge is 0.341 e. The normalized spacial score (nSPS) is 12.4. The van der Waals surface area contributed by atoms with Crippen LogP contribution in [0.3, 0.4) is 0 Å². The first-order chi connectivity index (χ1) is 22.6. The summed E-state index contributed by atoms with van der Waals surface area (Å²) >= 11 is 0. The summed E-state index contributed by atoms with van der Waals surface area (Å²) in [6, 6.07) is 38.3. The minimum Gasteiger partial charge on any atom is -0.490 e. The highest BCUT2D eigenvalue weighted by Gasteiger charge is 2.50. The van der Waals surface area contributed by atoms with Crippen LogP contribution in [0.2, 0.25) is 5.04 Å². The number of esters is 1. The highest BCUT2D eigenvalue weighted by molar-refractivity contribution is 6.99. The number of hydrogen-bond donors (Lipinski definition) is 0. The number of hydrogen-bond acceptors (Lipinski definition) is 4. The van der Waals surface area contributed by atoms with Gasteiger partial charge in [0.15, 0.2) is 0 Å². The van der Waals surface area contributed by atoms with Gasteiger partial charge in [0.05, 0.1) is 11.7 Å². The fourth-order valence-corrected chi connectivity index (χ4v) is 10.5. The van der Waals surface area contributed by atoms with Crippen molar-refractivity contribution >= 4 is 24.7 Å². The van der Waals surface area contributed by atoms with Crippen LogP contribution in [0.5, 0.6) is 5.75 Å². The van der Waals surface area contributed by atoms with Crippen molar-refractivity contribution in [2.45, 2.75) is 51.9 Å². The van der Waals surface area contributed by atoms with Crippen LogP contribution >= 0.6 is 0 Å². The standard InChI is InChI=1S/C40H40F2O4Si/c1-29(24-25-45-47(40(2,3)4,33-16-10-6-11-17-33)34-18-12-7-13-19-34)46-38-23-21-32(41)27-36(38)31-20-22-35(37(42)26-31)39(43)44-28-30-14-8-5-9-15-30/h5-23,26-27,29H,24-25,28H2,1-4H3/t29-/m1/s1. The second kappa shape index (κ2) is 14.9. The van der Waals surface area contributed by atoms with Crippen LogP contribution in [0.1, 0.15) is 50.0 Å². The van der Waals surface area contributed by atoms with Crippen LogP contribution in [0, 0.1) is 11.6 Å². The van der Waals surface area contributed by atoms with Crippen molar-refractivity contribution in [1.82, 2.24) is 0 Å². The lowest BCUT2D eigenvalue weighted by Crippen LogP contribution is -2.66. The van der Waals surface area contributed by atoms with E-state index in [1.54, 1.807) is 12.1 Å². The van der Waals surface area contributed by atoms with E-state index >= 15 is 4.39 Å². The van der Waals surface area contributed by atoms with Crippen LogP contribution in [0.25, 0.3) is 11.1 Å². The third-order valence-electron chi connectivity index (χ3n) is 8.24. The maximum Gasteiger partial charge on any atom is 0.341 e. The molecule has 0 aliphatic heterocycles. The average molecular weight is 651 g/mol. The first-order valence-corrected chi connectivity index (χ1v) is 17.7. The third kappa shape index (κ3) is 7.87. The van der Waals surface area contributed by atoms with Crippen LogP contribution < -0.4 is 15.1 Å². The molecule has 0 amide bonds. The third-order valence-corrected chi connectivity index (χ3v) is 13.3. The Kier molecular flexibility index (Phi) is 10.7. The Balaban J connectivity index is 1.31. The van der Waals surface area contributed by atoms with Crippen molar-refractivity contribution in [3.8, 4) is 16.9 Å². The predicted molar refractivity (Wildman–Crippen MR) is 186 cm³/mol. The summed E-state index contributed by atoms with van der Waals surface area (Å²) in [5, 5.41) is 2.23. The van der Waals surface area contributed by atoms with Gasteiger partial charge >= 0.3 is 5.97 Å². The summed E-state index contributed by atoms with van der Waals surface area (Å²) in [7, 11) is -2.71. The molecule has 0 radical (unpaired) electrons. The topological polar surface area (TPSA) is 44.8 Å². The monoisotopic (exact) mass is 650 g/mol. The molecule has 0 saturated carbocycles. The highest BCUT2D eigenvalue weighted by Crippen LogP contribution is 2.37. The van der Waals surface area contributed by atoms with Crippen molar-refractivity contribution in [1.29, 1.82) is 0 Å². The Labute approximate surface area is 277 Å². The van der Waals surface area contributed by atoms with E-state index in [1.807, 2.05) is 49.4 Å². The Bertz CT molecular complexity index is 1730. The average Bonchev–Trinajstić information content (AvgIpc) is 3.07. The molecule has 0 aromatic heterocycles. The quantitative estimate of drug-likeness (QED) is 0.100. The van der Waals surface area contributed by atoms with Crippen molar-refractivity contribution in [3.63, 3.8) is 0 Å². The molecule has 5 aromatic rings. The van der Waals surface area contributed by atoms with Crippen molar-refractivity contribution < 1.29 is 27.5 Å². The summed E-state index contributed by atoms with van der Waals surface area (Å²) in [6.07, 6.45) is 0.275. The molecule has 0 heterocycles. The SMILES string of the molecule is C[C@H](CCO[Si](c1ccccc1)(c1ccccc1)C(C)(C)C)Oc1ccc(F)cc1-c1ccc(C(=O)OCc2ccccc2)c(F)c1. The van der Waals surface area contributed by atoms with Crippen LogP contribution in [0.15, 0.2) is 127 Å². The predicted octanol–water partition coefficient (Wildman–Crippen LogP) is 8.72. The van der Waals surface area contributed by atoms with E-state index in [2.05, 4.69) is 69.3 Å². The molecule has 5 rings (SSSR count). The molecule has 5 aromatic carbocycles. The maximum atomic E-state index is 15.2. The molecular weight excluding hydrogens is 611 g/mol. The lowest BCUT2D eigenvalue weighted by atomic mass is 10.0. The van der Waals surface area contributed by atoms with E-state index in [4.69, 9.17) is 13.9 Å². The van der Waals surface area contributed by atoms with Crippen molar-refractivity contribution in [3.05, 3.63) is 150 Å². The highest BCUT2D eigenvalue weighted by atomic mass is 28.4. The summed E-state index contributed by atoms with van der Waals surface area (Å²) in [4.78, 5) is 12.6. The van der Waals surface area contributed by atoms with E-state index in [9.17, 15) is 9.18 Å². The van der Waals surface area contributed by atoms with Crippen LogP contribution in [-0.2, 0) is 15.8 Å². The Morgan fingerprint density at radius 1 is 0.766 bits per heavy atom. The molecule has 0 unspecified atom stereocenters. The number of ether oxygens (including phenoxy) is 2. The summed E-state index contributed by atoms with van der Waals surface area (Å²) in [5.74, 6) is -1.62. The second-order valence-electron chi connectivity index (χ2n) is 12.6. The molecule has 0 spiro atoms. The molecule has 4 nitrogen and oxygen atoms in total. The van der Waals surface area contributed by atoms with E-state index in [-0.39, 0.29) is 23.3 Å². The lowest BCUT2D eigenvalue weighted by Gasteiger charge is -2.43. The van der Waals surface area contributed by atoms with Gasteiger partial charge in [0.25, 0.3) is 8.32 Å². The van der Waals surface area contributed by atoms with Gasteiger partial charge in [-0.25, -0.2) is 13.6 Å². The fraction of sp³-hybridized carbons (Fsp3) is 0.225. The number of carbonyl (C=O) groups is 1. The molecule has 242 valence electrons. The van der Waals surface area contributed by atoms with Gasteiger partial charge in [0.2, 0.25) is 0 Å². The van der Waals surface area contributed by atoms with E-state index < -0.39 is 25.9 Å². The van der Waals surface area contributed by atoms with Gasteiger partial charge in [-0.05, 0) is 63.8 Å². The Morgan fingerprint density at radius 3 is 1.94 bits per heavy atom. The molecular formula is C40H40F2O4Si. The zero-order valence-electron chi connectivity index (χ0n) is 27.2. The zero-order valence-corrected chi connectivity index (χ0v) is 28.2. The molecule has 0 N–H and O–H groups in total. The zero-order chi connectivity index (χ0) is 33.4. The number of carbonyl (C=O) groups excluding carboxylic acids is 1. The first-order valence-electron chi connectivity index (χ1n) is 15.8. The summed E-state index contributed by atoms with van der Waals surface area (Å²) < 4.78 is 48.3. The Morgan fingerprint density at radius 2 is 1.36 bits per heavy atom. The molecule has 1 atom stereocenters. The van der Waals surface area contributed by atoms with E-state index in [1.165, 1.54) is 34.6 Å². The number of halogens is 2. The first kappa shape index (κ1) is 33.8. The molecule has 0 saturated heterocycles. The van der Waals surface area contributed by atoms with Gasteiger partial charge in [-0.15, -0.1) is 0 Å². The molecule has 0 bridgehead atoms. The largest absolute Gasteiger partial charge is 0.490 e. The molecule has 47 heavy (non-hydrogen) atoms. The molecule has 0 aliphatic carbocycles. The van der Waals surface area contributed by atoms with Gasteiger partial charge < -0.3 is 13.9 Å². The molecule has 7 heteroatoms. The molecule has 0 fully saturated rings. The number of rotatable bonds is 12. The molecule has 0 aliphatic rings. The maximum absolute atomic E-state index is 15.2. The van der Waals surface area contributed by atoms with Gasteiger partial charge in [0.1, 0.15) is 24.0 Å². The van der Waals surface area contributed by atoms with Gasteiger partial charge in [-0.3, -0.25) is 0 Å². The van der Waals surface area contributed by atoms with Gasteiger partial charge in [-0.1, -0.05) is 118 Å². The summed E-state index contributed by atoms with van der Waals surface area (Å²) in [6.45, 7) is 9.11. The minimum atomic E-state index is -2.71. The minimum absolute atomic E-state index is 0.0282. The second-order valence-corrected chi connectivity index (χ2v) is 16.9. The van der Waals surface area contributed by atoms with E-state index in [0.717, 1.165) is 5.56 Å². The summed E-state index contributed by atoms with van der Waals surface area (Å²) in [5.41, 5.74) is 1.36. The van der Waals surface area contributed by atoms with Gasteiger partial charge in [0, 0.05) is 18.6 Å².